The summed E-state index contributed by atoms with van der Waals surface area (Å²) in [6.07, 6.45) is 0. The van der Waals surface area contributed by atoms with Gasteiger partial charge in [0.05, 0.1) is 11.4 Å². The Kier molecular flexibility index (Phi) is 16.0. The fraction of sp³-hybridized carbons (Fsp3) is 0. The van der Waals surface area contributed by atoms with Crippen LogP contribution in [0.5, 0.6) is 0 Å². The first-order valence-electron chi connectivity index (χ1n) is 43.1. The van der Waals surface area contributed by atoms with Crippen molar-refractivity contribution in [2.75, 3.05) is 9.80 Å². The zero-order valence-electron chi connectivity index (χ0n) is 68.1. The maximum Gasteiger partial charge on any atom is 0.143 e. The van der Waals surface area contributed by atoms with Crippen molar-refractivity contribution in [1.29, 1.82) is 0 Å². The second-order valence-corrected chi connectivity index (χ2v) is 33.1. The van der Waals surface area contributed by atoms with Gasteiger partial charge in [-0.1, -0.05) is 303 Å². The molecule has 0 amide bonds. The monoisotopic (exact) mass is 1600 g/mol. The zero-order chi connectivity index (χ0) is 82.6. The molecule has 586 valence electrons. The molecule has 6 nitrogen and oxygen atoms in total. The van der Waals surface area contributed by atoms with E-state index in [1.807, 2.05) is 12.1 Å². The fourth-order valence-electron chi connectivity index (χ4n) is 20.4. The molecule has 0 aliphatic heterocycles. The number of anilines is 6. The average molecular weight is 1610 g/mol. The number of hydrogen-bond donors (Lipinski definition) is 0. The first-order valence-corrected chi connectivity index (χ1v) is 43.1. The van der Waals surface area contributed by atoms with E-state index in [1.165, 1.54) is 54.2 Å². The molecule has 6 heteroatoms. The van der Waals surface area contributed by atoms with E-state index in [9.17, 15) is 0 Å². The number of nitrogens with zero attached hydrogens (tertiary/aromatic N) is 2. The molecule has 0 N–H and O–H groups in total. The molecule has 0 fully saturated rings. The van der Waals surface area contributed by atoms with E-state index in [0.717, 1.165) is 210 Å². The number of hydrogen-bond acceptors (Lipinski definition) is 6. The van der Waals surface area contributed by atoms with E-state index in [0.29, 0.717) is 0 Å². The molecule has 0 aliphatic carbocycles. The van der Waals surface area contributed by atoms with Gasteiger partial charge in [-0.15, -0.1) is 0 Å². The van der Waals surface area contributed by atoms with E-state index in [-0.39, 0.29) is 0 Å². The SMILES string of the molecule is c1ccc(N(c2ccc(-c3ccc4c(c3)oc3c(-c5ccc6c(ccc7c6oc6cccc(-c8ccccc8N(c8ccc(-c9cc%10ccccc%10c%10ccccc9%10)cc8)c8ccc(-c9cccc%10oc%11ccccc%11c9%10)cc8)c67)c5)cccc34)cc2)c2ccc(-c3cc4ccccc4c4ccccc34)cc2)c(-c2cccc3oc4c5ccccc5ccc4c23)c1. The van der Waals surface area contributed by atoms with E-state index in [1.54, 1.807) is 0 Å². The van der Waals surface area contributed by atoms with Gasteiger partial charge in [-0.3, -0.25) is 0 Å². The van der Waals surface area contributed by atoms with Crippen molar-refractivity contribution in [2.24, 2.45) is 0 Å². The van der Waals surface area contributed by atoms with E-state index < -0.39 is 0 Å². The number of benzene rings is 22. The Morgan fingerprint density at radius 1 is 0.143 bits per heavy atom. The molecule has 0 aliphatic rings. The minimum Gasteiger partial charge on any atom is -0.456 e. The number of rotatable bonds is 13. The molecule has 0 unspecified atom stereocenters. The lowest BCUT2D eigenvalue weighted by Crippen LogP contribution is -2.11. The van der Waals surface area contributed by atoms with Gasteiger partial charge in [0, 0.05) is 93.3 Å². The molecule has 26 rings (SSSR count). The lowest BCUT2D eigenvalue weighted by molar-refractivity contribution is 0.669. The van der Waals surface area contributed by atoms with Gasteiger partial charge in [-0.05, 0) is 249 Å². The smallest absolute Gasteiger partial charge is 0.143 e. The molecule has 4 aromatic heterocycles. The predicted molar refractivity (Wildman–Crippen MR) is 528 cm³/mol. The second-order valence-electron chi connectivity index (χ2n) is 33.1. The van der Waals surface area contributed by atoms with Crippen LogP contribution in [0.25, 0.3) is 230 Å². The lowest BCUT2D eigenvalue weighted by atomic mass is 9.93. The van der Waals surface area contributed by atoms with Gasteiger partial charge in [0.1, 0.15) is 44.7 Å². The summed E-state index contributed by atoms with van der Waals surface area (Å²) in [7, 11) is 0. The van der Waals surface area contributed by atoms with Crippen molar-refractivity contribution in [3.63, 3.8) is 0 Å². The molecule has 0 saturated carbocycles. The summed E-state index contributed by atoms with van der Waals surface area (Å²) in [6, 6.07) is 158. The molecule has 0 bridgehead atoms. The van der Waals surface area contributed by atoms with Crippen LogP contribution in [-0.2, 0) is 0 Å². The average Bonchev–Trinajstić information content (AvgIpc) is 1.59. The van der Waals surface area contributed by atoms with Gasteiger partial charge >= 0.3 is 0 Å². The summed E-state index contributed by atoms with van der Waals surface area (Å²) < 4.78 is 27.5. The van der Waals surface area contributed by atoms with Crippen LogP contribution >= 0.6 is 0 Å². The van der Waals surface area contributed by atoms with Crippen LogP contribution in [0, 0.1) is 0 Å². The van der Waals surface area contributed by atoms with Crippen molar-refractivity contribution in [3.8, 4) is 77.9 Å². The molecule has 22 aromatic carbocycles. The molecule has 126 heavy (non-hydrogen) atoms. The molecule has 4 heterocycles. The highest BCUT2D eigenvalue weighted by Crippen LogP contribution is 2.52. The Morgan fingerprint density at radius 3 is 1.06 bits per heavy atom. The summed E-state index contributed by atoms with van der Waals surface area (Å²) in [5.74, 6) is 0. The molecular weight excluding hydrogens is 1530 g/mol. The summed E-state index contributed by atoms with van der Waals surface area (Å²) in [6.45, 7) is 0. The van der Waals surface area contributed by atoms with Crippen LogP contribution in [0.1, 0.15) is 0 Å². The Hall–Kier alpha value is -16.8. The van der Waals surface area contributed by atoms with Crippen LogP contribution in [0.3, 0.4) is 0 Å². The molecule has 0 radical (unpaired) electrons. The van der Waals surface area contributed by atoms with Crippen LogP contribution < -0.4 is 9.80 Å². The Labute approximate surface area is 723 Å². The van der Waals surface area contributed by atoms with E-state index in [2.05, 4.69) is 434 Å². The second kappa shape index (κ2) is 28.4. The minimum absolute atomic E-state index is 0.819. The number of para-hydroxylation sites is 4. The van der Waals surface area contributed by atoms with Crippen molar-refractivity contribution in [1.82, 2.24) is 0 Å². The van der Waals surface area contributed by atoms with Gasteiger partial charge in [-0.2, -0.15) is 0 Å². The number of furan rings is 4. The topological polar surface area (TPSA) is 59.0 Å². The predicted octanol–water partition coefficient (Wildman–Crippen LogP) is 34.8. The summed E-state index contributed by atoms with van der Waals surface area (Å²) in [5.41, 5.74) is 28.5. The molecule has 0 saturated heterocycles. The highest BCUT2D eigenvalue weighted by Gasteiger charge is 2.27. The fourth-order valence-corrected chi connectivity index (χ4v) is 20.4. The number of fused-ring (bicyclic) bond motifs is 22. The standard InChI is InChI=1S/C120H72N2O4/c1-6-26-90-74(21-1)53-67-104-116-100(36-19-43-112(116)124-119(90)104)97-31-11-14-39-108(97)121(85-61-49-76(50-62-85)106-70-79-22-2-4-24-87(79)93-27-7-9-29-95(93)106)83-57-45-73(46-58-83)78-54-66-99-102-38-17-35-91(118(102)126-114(99)72-78)81-55-65-92-82(69-81)56-68-105-117-101(37-20-44-113(117)125-120(92)105)98-32-12-15-40-109(98)122(84-59-47-75(48-60-84)89-34-18-42-111-115(89)103-33-13-16-41-110(103)123-111)86-63-51-77(52-64-86)107-71-80-23-3-5-25-88(80)94-28-8-10-30-96(94)107/h1-72H. The third kappa shape index (κ3) is 11.3. The highest BCUT2D eigenvalue weighted by atomic mass is 16.3. The normalized spacial score (nSPS) is 12.0. The Bertz CT molecular complexity index is 8980. The van der Waals surface area contributed by atoms with Crippen LogP contribution in [0.15, 0.2) is 454 Å². The largest absolute Gasteiger partial charge is 0.456 e. The summed E-state index contributed by atoms with van der Waals surface area (Å²) in [4.78, 5) is 4.81. The van der Waals surface area contributed by atoms with Crippen LogP contribution in [0.2, 0.25) is 0 Å². The zero-order valence-corrected chi connectivity index (χ0v) is 68.1. The van der Waals surface area contributed by atoms with Gasteiger partial charge in [0.15, 0.2) is 0 Å². The van der Waals surface area contributed by atoms with E-state index in [4.69, 9.17) is 17.7 Å². The quantitative estimate of drug-likeness (QED) is 0.107. The summed E-state index contributed by atoms with van der Waals surface area (Å²) in [5, 5.41) is 22.9. The Balaban J connectivity index is 0.545. The molecule has 0 spiro atoms. The Morgan fingerprint density at radius 2 is 0.492 bits per heavy atom. The first-order chi connectivity index (χ1) is 62.5. The van der Waals surface area contributed by atoms with E-state index >= 15 is 0 Å². The van der Waals surface area contributed by atoms with Gasteiger partial charge in [-0.25, -0.2) is 0 Å². The molecule has 0 atom stereocenters. The third-order valence-electron chi connectivity index (χ3n) is 26.3. The maximum absolute atomic E-state index is 7.13. The van der Waals surface area contributed by atoms with Crippen molar-refractivity contribution >= 4 is 187 Å². The lowest BCUT2D eigenvalue weighted by Gasteiger charge is -2.28. The minimum atomic E-state index is 0.819. The molecular formula is C120H72N2O4. The van der Waals surface area contributed by atoms with Crippen molar-refractivity contribution < 1.29 is 17.7 Å². The molecule has 26 aromatic rings. The maximum atomic E-state index is 7.13. The summed E-state index contributed by atoms with van der Waals surface area (Å²) >= 11 is 0. The van der Waals surface area contributed by atoms with Crippen LogP contribution in [-0.4, -0.2) is 0 Å². The highest BCUT2D eigenvalue weighted by molar-refractivity contribution is 6.24. The van der Waals surface area contributed by atoms with Gasteiger partial charge in [0.25, 0.3) is 0 Å². The van der Waals surface area contributed by atoms with Gasteiger partial charge < -0.3 is 27.5 Å². The van der Waals surface area contributed by atoms with Gasteiger partial charge in [0.2, 0.25) is 0 Å². The van der Waals surface area contributed by atoms with Crippen molar-refractivity contribution in [2.45, 2.75) is 0 Å². The first kappa shape index (κ1) is 71.0. The third-order valence-corrected chi connectivity index (χ3v) is 26.3. The van der Waals surface area contributed by atoms with Crippen molar-refractivity contribution in [3.05, 3.63) is 437 Å². The van der Waals surface area contributed by atoms with Crippen LogP contribution in [0.4, 0.5) is 34.1 Å².